The first kappa shape index (κ1) is 21.8. The Morgan fingerprint density at radius 2 is 2.06 bits per heavy atom. The number of aromatic nitrogens is 1. The zero-order valence-electron chi connectivity index (χ0n) is 17.1. The molecule has 0 bridgehead atoms. The van der Waals surface area contributed by atoms with E-state index in [1.165, 1.54) is 18.0 Å². The van der Waals surface area contributed by atoms with E-state index < -0.39 is 17.2 Å². The third-order valence-electron chi connectivity index (χ3n) is 5.25. The van der Waals surface area contributed by atoms with Crippen molar-refractivity contribution in [3.8, 4) is 0 Å². The molecule has 0 atom stereocenters. The van der Waals surface area contributed by atoms with Gasteiger partial charge in [-0.25, -0.2) is 9.10 Å². The van der Waals surface area contributed by atoms with Crippen LogP contribution >= 0.6 is 23.5 Å². The van der Waals surface area contributed by atoms with Crippen LogP contribution in [0.3, 0.4) is 0 Å². The van der Waals surface area contributed by atoms with Crippen LogP contribution in [0.15, 0.2) is 52.7 Å². The number of hydrogen-bond donors (Lipinski definition) is 2. The number of ketones is 1. The number of ether oxygens (including phenoxy) is 1. The normalized spacial score (nSPS) is 19.1. The highest BCUT2D eigenvalue weighted by Crippen LogP contribution is 2.41. The predicted octanol–water partition coefficient (Wildman–Crippen LogP) is 4.14. The molecule has 0 amide bonds. The van der Waals surface area contributed by atoms with Crippen LogP contribution in [0, 0.1) is 5.41 Å². The second-order valence-electron chi connectivity index (χ2n) is 7.89. The number of hydrogen-bond acceptors (Lipinski definition) is 7. The zero-order valence-corrected chi connectivity index (χ0v) is 18.7. The number of anilines is 1. The second-order valence-corrected chi connectivity index (χ2v) is 9.47. The average molecular weight is 460 g/mol. The van der Waals surface area contributed by atoms with Gasteiger partial charge in [0.25, 0.3) is 0 Å². The van der Waals surface area contributed by atoms with Crippen LogP contribution in [0.4, 0.5) is 5.69 Å². The molecule has 1 fully saturated rings. The lowest BCUT2D eigenvalue weighted by Crippen LogP contribution is -2.31. The lowest BCUT2D eigenvalue weighted by atomic mass is 9.80. The van der Waals surface area contributed by atoms with Crippen molar-refractivity contribution in [2.75, 3.05) is 31.6 Å². The highest BCUT2D eigenvalue weighted by molar-refractivity contribution is 7.97. The molecule has 1 aliphatic heterocycles. The third kappa shape index (κ3) is 4.48. The van der Waals surface area contributed by atoms with Gasteiger partial charge in [-0.1, -0.05) is 31.5 Å². The van der Waals surface area contributed by atoms with E-state index in [1.54, 1.807) is 24.4 Å². The van der Waals surface area contributed by atoms with Crippen LogP contribution in [0.5, 0.6) is 0 Å². The van der Waals surface area contributed by atoms with E-state index in [0.717, 1.165) is 23.4 Å². The molecule has 1 saturated heterocycles. The van der Waals surface area contributed by atoms with Gasteiger partial charge in [0.05, 0.1) is 29.3 Å². The first-order chi connectivity index (χ1) is 14.8. The maximum Gasteiger partial charge on any atom is 0.341 e. The molecule has 0 radical (unpaired) electrons. The molecule has 0 spiro atoms. The molecule has 31 heavy (non-hydrogen) atoms. The van der Waals surface area contributed by atoms with Crippen molar-refractivity contribution < 1.29 is 19.4 Å². The number of pyridine rings is 1. The summed E-state index contributed by atoms with van der Waals surface area (Å²) in [5, 5.41) is 14.4. The summed E-state index contributed by atoms with van der Waals surface area (Å²) in [6.07, 6.45) is 4.79. The molecule has 7 nitrogen and oxygen atoms in total. The molecule has 2 heterocycles. The largest absolute Gasteiger partial charge is 0.477 e. The fourth-order valence-electron chi connectivity index (χ4n) is 3.58. The minimum Gasteiger partial charge on any atom is -0.477 e. The van der Waals surface area contributed by atoms with Crippen molar-refractivity contribution in [2.45, 2.75) is 18.7 Å². The number of benzene rings is 1. The molecular weight excluding hydrogens is 438 g/mol. The summed E-state index contributed by atoms with van der Waals surface area (Å²) in [4.78, 5) is 29.7. The molecule has 0 saturated carbocycles. The molecule has 4 rings (SSSR count). The zero-order chi connectivity index (χ0) is 22.2. The number of carboxylic acid groups (broad SMARTS) is 1. The number of carboxylic acids is 1. The number of fused-ring (bicyclic) bond motifs is 1. The van der Waals surface area contributed by atoms with E-state index >= 15 is 0 Å². The van der Waals surface area contributed by atoms with E-state index in [9.17, 15) is 14.7 Å². The van der Waals surface area contributed by atoms with Gasteiger partial charge in [-0.15, -0.1) is 0 Å². The Morgan fingerprint density at radius 1 is 1.32 bits per heavy atom. The number of halogens is 1. The topological polar surface area (TPSA) is 91.8 Å². The van der Waals surface area contributed by atoms with E-state index in [1.807, 2.05) is 19.9 Å². The van der Waals surface area contributed by atoms with Gasteiger partial charge >= 0.3 is 5.97 Å². The van der Waals surface area contributed by atoms with Crippen molar-refractivity contribution in [1.82, 2.24) is 9.29 Å². The Hall–Kier alpha value is -2.39. The Morgan fingerprint density at radius 3 is 2.77 bits per heavy atom. The first-order valence-corrected chi connectivity index (χ1v) is 11.0. The van der Waals surface area contributed by atoms with Crippen molar-refractivity contribution in [3.05, 3.63) is 52.8 Å². The third-order valence-corrected chi connectivity index (χ3v) is 6.61. The number of nitrogens with zero attached hydrogens (tertiary/aromatic N) is 2. The van der Waals surface area contributed by atoms with Gasteiger partial charge < -0.3 is 15.2 Å². The fraction of sp³-hybridized carbons (Fsp3) is 0.318. The summed E-state index contributed by atoms with van der Waals surface area (Å²) in [6, 6.07) is 5.37. The summed E-state index contributed by atoms with van der Waals surface area (Å²) in [7, 11) is 0. The highest BCUT2D eigenvalue weighted by Gasteiger charge is 2.35. The van der Waals surface area contributed by atoms with Gasteiger partial charge in [0.2, 0.25) is 0 Å². The number of morpholine rings is 1. The van der Waals surface area contributed by atoms with Crippen LogP contribution in [0.1, 0.15) is 13.8 Å². The molecule has 1 aromatic carbocycles. The van der Waals surface area contributed by atoms with Crippen LogP contribution < -0.4 is 5.32 Å². The Bertz CT molecular complexity index is 1120. The lowest BCUT2D eigenvalue weighted by Gasteiger charge is -2.32. The minimum atomic E-state index is -1.26. The van der Waals surface area contributed by atoms with Crippen molar-refractivity contribution in [3.63, 3.8) is 0 Å². The number of carbonyl (C=O) groups excluding carboxylic acids is 1. The molecule has 2 N–H and O–H groups in total. The summed E-state index contributed by atoms with van der Waals surface area (Å²) >= 11 is 7.80. The molecule has 0 unspecified atom stereocenters. The van der Waals surface area contributed by atoms with Gasteiger partial charge in [0, 0.05) is 40.8 Å². The standard InChI is InChI=1S/C22H22ClN3O4S/c1-22(2)6-5-16(27)18(21(28)29)20(22)25-19-14-11-13(23)3-4-15(14)24-12-17(19)31-26-7-9-30-10-8-26/h3-6,11-12H,7-10H2,1-2H3,(H,24,25)(H,28,29). The Labute approximate surface area is 189 Å². The van der Waals surface area contributed by atoms with E-state index in [4.69, 9.17) is 16.3 Å². The lowest BCUT2D eigenvalue weighted by molar-refractivity contribution is -0.134. The van der Waals surface area contributed by atoms with E-state index in [0.29, 0.717) is 35.1 Å². The van der Waals surface area contributed by atoms with Gasteiger partial charge in [-0.2, -0.15) is 0 Å². The maximum atomic E-state index is 12.4. The number of carbonyl (C=O) groups is 2. The molecule has 1 aromatic heterocycles. The fourth-order valence-corrected chi connectivity index (χ4v) is 4.71. The summed E-state index contributed by atoms with van der Waals surface area (Å²) < 4.78 is 7.61. The predicted molar refractivity (Wildman–Crippen MR) is 121 cm³/mol. The summed E-state index contributed by atoms with van der Waals surface area (Å²) in [5.74, 6) is -1.79. The molecule has 9 heteroatoms. The molecule has 162 valence electrons. The maximum absolute atomic E-state index is 12.4. The average Bonchev–Trinajstić information content (AvgIpc) is 2.73. The molecule has 2 aromatic rings. The van der Waals surface area contributed by atoms with E-state index in [-0.39, 0.29) is 5.57 Å². The van der Waals surface area contributed by atoms with Gasteiger partial charge in [0.1, 0.15) is 5.57 Å². The summed E-state index contributed by atoms with van der Waals surface area (Å²) in [6.45, 7) is 6.53. The highest BCUT2D eigenvalue weighted by atomic mass is 35.5. The monoisotopic (exact) mass is 459 g/mol. The van der Waals surface area contributed by atoms with Crippen LogP contribution in [-0.2, 0) is 14.3 Å². The van der Waals surface area contributed by atoms with Crippen molar-refractivity contribution >= 4 is 51.9 Å². The Kier molecular flexibility index (Phi) is 6.07. The van der Waals surface area contributed by atoms with E-state index in [2.05, 4.69) is 14.6 Å². The number of aliphatic carboxylic acids is 1. The van der Waals surface area contributed by atoms with Crippen LogP contribution in [0.25, 0.3) is 10.9 Å². The second kappa shape index (κ2) is 8.63. The van der Waals surface area contributed by atoms with Crippen LogP contribution in [0.2, 0.25) is 5.02 Å². The van der Waals surface area contributed by atoms with Crippen molar-refractivity contribution in [1.29, 1.82) is 0 Å². The summed E-state index contributed by atoms with van der Waals surface area (Å²) in [5.41, 5.74) is 0.780. The van der Waals surface area contributed by atoms with Crippen LogP contribution in [-0.4, -0.2) is 52.5 Å². The number of rotatable bonds is 5. The van der Waals surface area contributed by atoms with Gasteiger partial charge in [0.15, 0.2) is 5.78 Å². The Balaban J connectivity index is 1.86. The number of nitrogens with one attached hydrogen (secondary N) is 1. The van der Waals surface area contributed by atoms with Gasteiger partial charge in [-0.3, -0.25) is 9.78 Å². The van der Waals surface area contributed by atoms with Gasteiger partial charge in [-0.05, 0) is 36.2 Å². The minimum absolute atomic E-state index is 0.262. The number of allylic oxidation sites excluding steroid dienone is 2. The smallest absolute Gasteiger partial charge is 0.341 e. The molecular formula is C22H22ClN3O4S. The molecule has 2 aliphatic rings. The SMILES string of the molecule is CC1(C)C=CC(=O)C(C(=O)O)=C1Nc1c(SN2CCOCC2)cnc2ccc(Cl)cc12. The quantitative estimate of drug-likeness (QED) is 0.509. The first-order valence-electron chi connectivity index (χ1n) is 9.84. The molecule has 1 aliphatic carbocycles. The van der Waals surface area contributed by atoms with Crippen molar-refractivity contribution in [2.24, 2.45) is 5.41 Å².